The summed E-state index contributed by atoms with van der Waals surface area (Å²) in [5.41, 5.74) is 3.85. The van der Waals surface area contributed by atoms with Gasteiger partial charge in [-0.1, -0.05) is 66.4 Å². The third-order valence-corrected chi connectivity index (χ3v) is 4.12. The van der Waals surface area contributed by atoms with Gasteiger partial charge in [0.25, 0.3) is 0 Å². The Labute approximate surface area is 124 Å². The zero-order valence-corrected chi connectivity index (χ0v) is 12.2. The molecule has 0 nitrogen and oxygen atoms in total. The second kappa shape index (κ2) is 5.98. The van der Waals surface area contributed by atoms with Crippen molar-refractivity contribution in [1.29, 1.82) is 0 Å². The first-order valence-corrected chi connectivity index (χ1v) is 7.53. The van der Waals surface area contributed by atoms with Crippen molar-refractivity contribution in [3.05, 3.63) is 84.4 Å². The predicted molar refractivity (Wildman–Crippen MR) is 87.2 cm³/mol. The summed E-state index contributed by atoms with van der Waals surface area (Å²) in [7, 11) is 0. The molecule has 0 saturated carbocycles. The molecule has 0 fully saturated rings. The molecule has 20 heavy (non-hydrogen) atoms. The fourth-order valence-corrected chi connectivity index (χ4v) is 3.22. The number of hydrogen-bond donors (Lipinski definition) is 0. The van der Waals surface area contributed by atoms with Crippen LogP contribution in [0.3, 0.4) is 0 Å². The van der Waals surface area contributed by atoms with Gasteiger partial charge >= 0.3 is 0 Å². The van der Waals surface area contributed by atoms with E-state index in [2.05, 4.69) is 85.8 Å². The summed E-state index contributed by atoms with van der Waals surface area (Å²) in [5.74, 6) is 0. The molecule has 0 aliphatic carbocycles. The molecule has 3 aromatic carbocycles. The summed E-state index contributed by atoms with van der Waals surface area (Å²) in [5, 5.41) is 0. The number of aryl methyl sites for hydroxylation is 1. The zero-order chi connectivity index (χ0) is 13.8. The molecule has 0 saturated heterocycles. The molecule has 0 atom stereocenters. The van der Waals surface area contributed by atoms with E-state index in [4.69, 9.17) is 0 Å². The van der Waals surface area contributed by atoms with E-state index in [-0.39, 0.29) is 0 Å². The van der Waals surface area contributed by atoms with E-state index in [1.54, 1.807) is 0 Å². The largest absolute Gasteiger partial charge is 0.0901 e. The highest BCUT2D eigenvalue weighted by Crippen LogP contribution is 2.32. The fourth-order valence-electron chi connectivity index (χ4n) is 2.23. The molecule has 0 amide bonds. The standard InChI is InChI=1S/C19H16S/c1-15-12-17(16-8-4-2-5-9-16)14-19(13-15)20-18-10-6-3-7-11-18/h2-14H,1H3. The highest BCUT2D eigenvalue weighted by molar-refractivity contribution is 7.99. The Kier molecular flexibility index (Phi) is 3.89. The summed E-state index contributed by atoms with van der Waals surface area (Å²) in [6.07, 6.45) is 0. The topological polar surface area (TPSA) is 0 Å². The number of benzene rings is 3. The Morgan fingerprint density at radius 2 is 1.25 bits per heavy atom. The Morgan fingerprint density at radius 3 is 1.95 bits per heavy atom. The summed E-state index contributed by atoms with van der Waals surface area (Å²) < 4.78 is 0. The van der Waals surface area contributed by atoms with Crippen molar-refractivity contribution in [2.45, 2.75) is 16.7 Å². The maximum Gasteiger partial charge on any atom is 0.0131 e. The molecule has 0 N–H and O–H groups in total. The van der Waals surface area contributed by atoms with Gasteiger partial charge in [0.2, 0.25) is 0 Å². The maximum absolute atomic E-state index is 2.26. The van der Waals surface area contributed by atoms with Gasteiger partial charge in [-0.2, -0.15) is 0 Å². The normalized spacial score (nSPS) is 10.4. The van der Waals surface area contributed by atoms with Crippen molar-refractivity contribution in [3.63, 3.8) is 0 Å². The first-order valence-electron chi connectivity index (χ1n) is 6.71. The summed E-state index contributed by atoms with van der Waals surface area (Å²) >= 11 is 1.81. The van der Waals surface area contributed by atoms with Crippen LogP contribution in [0.5, 0.6) is 0 Å². The van der Waals surface area contributed by atoms with Crippen molar-refractivity contribution in [3.8, 4) is 11.1 Å². The van der Waals surface area contributed by atoms with Gasteiger partial charge in [0.05, 0.1) is 0 Å². The van der Waals surface area contributed by atoms with Gasteiger partial charge in [-0.25, -0.2) is 0 Å². The van der Waals surface area contributed by atoms with Crippen molar-refractivity contribution in [2.75, 3.05) is 0 Å². The zero-order valence-electron chi connectivity index (χ0n) is 11.4. The lowest BCUT2D eigenvalue weighted by molar-refractivity contribution is 1.34. The molecule has 0 aliphatic heterocycles. The van der Waals surface area contributed by atoms with Crippen LogP contribution in [0.4, 0.5) is 0 Å². The average Bonchev–Trinajstić information content (AvgIpc) is 2.49. The molecule has 0 unspecified atom stereocenters. The van der Waals surface area contributed by atoms with E-state index in [1.807, 2.05) is 11.8 Å². The average molecular weight is 276 g/mol. The molecule has 3 rings (SSSR count). The van der Waals surface area contributed by atoms with Crippen molar-refractivity contribution >= 4 is 11.8 Å². The van der Waals surface area contributed by atoms with Crippen LogP contribution in [-0.4, -0.2) is 0 Å². The molecular weight excluding hydrogens is 260 g/mol. The molecule has 98 valence electrons. The molecule has 1 heteroatoms. The highest BCUT2D eigenvalue weighted by Gasteiger charge is 2.03. The highest BCUT2D eigenvalue weighted by atomic mass is 32.2. The Morgan fingerprint density at radius 1 is 0.600 bits per heavy atom. The van der Waals surface area contributed by atoms with E-state index in [0.29, 0.717) is 0 Å². The predicted octanol–water partition coefficient (Wildman–Crippen LogP) is 5.81. The van der Waals surface area contributed by atoms with Gasteiger partial charge < -0.3 is 0 Å². The van der Waals surface area contributed by atoms with Crippen LogP contribution in [0.1, 0.15) is 5.56 Å². The molecule has 0 aromatic heterocycles. The molecule has 0 bridgehead atoms. The van der Waals surface area contributed by atoms with Crippen LogP contribution < -0.4 is 0 Å². The fraction of sp³-hybridized carbons (Fsp3) is 0.0526. The minimum Gasteiger partial charge on any atom is -0.0901 e. The van der Waals surface area contributed by atoms with E-state index >= 15 is 0 Å². The van der Waals surface area contributed by atoms with E-state index in [0.717, 1.165) is 0 Å². The molecular formula is C19H16S. The van der Waals surface area contributed by atoms with Crippen LogP contribution in [0.15, 0.2) is 88.7 Å². The SMILES string of the molecule is Cc1cc(Sc2ccccc2)cc(-c2ccccc2)c1. The maximum atomic E-state index is 2.26. The molecule has 0 radical (unpaired) electrons. The van der Waals surface area contributed by atoms with Crippen molar-refractivity contribution in [2.24, 2.45) is 0 Å². The van der Waals surface area contributed by atoms with Crippen LogP contribution >= 0.6 is 11.8 Å². The molecule has 0 heterocycles. The van der Waals surface area contributed by atoms with Gasteiger partial charge in [-0.05, 0) is 47.9 Å². The van der Waals surface area contributed by atoms with E-state index in [9.17, 15) is 0 Å². The lowest BCUT2D eigenvalue weighted by Crippen LogP contribution is -1.82. The van der Waals surface area contributed by atoms with Gasteiger partial charge in [0.1, 0.15) is 0 Å². The summed E-state index contributed by atoms with van der Waals surface area (Å²) in [6, 6.07) is 27.8. The van der Waals surface area contributed by atoms with Crippen molar-refractivity contribution < 1.29 is 0 Å². The quantitative estimate of drug-likeness (QED) is 0.581. The van der Waals surface area contributed by atoms with Crippen LogP contribution in [-0.2, 0) is 0 Å². The lowest BCUT2D eigenvalue weighted by atomic mass is 10.0. The monoisotopic (exact) mass is 276 g/mol. The van der Waals surface area contributed by atoms with Crippen molar-refractivity contribution in [1.82, 2.24) is 0 Å². The first-order chi connectivity index (χ1) is 9.81. The van der Waals surface area contributed by atoms with Gasteiger partial charge in [-0.15, -0.1) is 0 Å². The first kappa shape index (κ1) is 13.0. The smallest absolute Gasteiger partial charge is 0.0131 e. The third kappa shape index (κ3) is 3.12. The second-order valence-corrected chi connectivity index (χ2v) is 5.96. The Bertz CT molecular complexity index is 687. The molecule has 0 aliphatic rings. The van der Waals surface area contributed by atoms with Crippen LogP contribution in [0.2, 0.25) is 0 Å². The number of hydrogen-bond acceptors (Lipinski definition) is 1. The van der Waals surface area contributed by atoms with Gasteiger partial charge in [0.15, 0.2) is 0 Å². The number of rotatable bonds is 3. The van der Waals surface area contributed by atoms with E-state index < -0.39 is 0 Å². The van der Waals surface area contributed by atoms with Gasteiger partial charge in [-0.3, -0.25) is 0 Å². The Hall–Kier alpha value is -1.99. The minimum atomic E-state index is 1.27. The summed E-state index contributed by atoms with van der Waals surface area (Å²) in [4.78, 5) is 2.56. The molecule has 3 aromatic rings. The van der Waals surface area contributed by atoms with Crippen LogP contribution in [0.25, 0.3) is 11.1 Å². The molecule has 0 spiro atoms. The lowest BCUT2D eigenvalue weighted by Gasteiger charge is -2.08. The Balaban J connectivity index is 1.95. The van der Waals surface area contributed by atoms with E-state index in [1.165, 1.54) is 26.5 Å². The second-order valence-electron chi connectivity index (χ2n) is 4.82. The third-order valence-electron chi connectivity index (χ3n) is 3.14. The minimum absolute atomic E-state index is 1.27. The van der Waals surface area contributed by atoms with Crippen LogP contribution in [0, 0.1) is 6.92 Å². The van der Waals surface area contributed by atoms with Gasteiger partial charge in [0, 0.05) is 9.79 Å². The summed E-state index contributed by atoms with van der Waals surface area (Å²) in [6.45, 7) is 2.15.